The minimum Gasteiger partial charge on any atom is -0.489 e. The number of halogens is 1. The molecule has 1 aliphatic heterocycles. The van der Waals surface area contributed by atoms with Crippen LogP contribution in [0.25, 0.3) is 0 Å². The quantitative estimate of drug-likeness (QED) is 0.886. The molecule has 1 aromatic rings. The number of likely N-dealkylation sites (N-methyl/N-ethyl adjacent to an activating group) is 1. The van der Waals surface area contributed by atoms with Crippen LogP contribution in [0.2, 0.25) is 0 Å². The molecule has 1 aliphatic rings. The Morgan fingerprint density at radius 2 is 2.33 bits per heavy atom. The normalized spacial score (nSPS) is 16.5. The Balaban J connectivity index is 2.03. The first-order valence-electron chi connectivity index (χ1n) is 6.14. The maximum absolute atomic E-state index is 12.3. The molecule has 0 amide bonds. The third kappa shape index (κ3) is 3.09. The predicted octanol–water partition coefficient (Wildman–Crippen LogP) is 1.87. The number of hydrogen-bond acceptors (Lipinski definition) is 3. The molecule has 1 aromatic carbocycles. The topological polar surface area (TPSA) is 38.5 Å². The Bertz CT molecular complexity index is 445. The van der Waals surface area contributed by atoms with Crippen molar-refractivity contribution in [3.8, 4) is 5.75 Å². The molecule has 0 bridgehead atoms. The van der Waals surface area contributed by atoms with Gasteiger partial charge in [0.25, 0.3) is 0 Å². The Morgan fingerprint density at radius 3 is 3.06 bits per heavy atom. The summed E-state index contributed by atoms with van der Waals surface area (Å²) in [4.78, 5) is 2.29. The lowest BCUT2D eigenvalue weighted by atomic mass is 10.00. The van der Waals surface area contributed by atoms with Crippen molar-refractivity contribution in [2.45, 2.75) is 13.0 Å². The lowest BCUT2D eigenvalue weighted by Gasteiger charge is -2.25. The number of nitrogens with zero attached hydrogens (tertiary/aromatic N) is 1. The summed E-state index contributed by atoms with van der Waals surface area (Å²) < 4.78 is 17.9. The van der Waals surface area contributed by atoms with Crippen LogP contribution in [0.3, 0.4) is 0 Å². The molecule has 2 rings (SSSR count). The summed E-state index contributed by atoms with van der Waals surface area (Å²) in [6.45, 7) is 2.45. The minimum absolute atomic E-state index is 0.187. The van der Waals surface area contributed by atoms with E-state index < -0.39 is 0 Å². The molecule has 0 aliphatic carbocycles. The number of nitrogens with two attached hydrogens (primary N) is 1. The Kier molecular flexibility index (Phi) is 4.33. The van der Waals surface area contributed by atoms with E-state index in [1.807, 2.05) is 6.07 Å². The molecule has 0 saturated heterocycles. The van der Waals surface area contributed by atoms with Gasteiger partial charge in [-0.1, -0.05) is 6.07 Å². The van der Waals surface area contributed by atoms with Crippen LogP contribution in [0, 0.1) is 0 Å². The van der Waals surface area contributed by atoms with Crippen LogP contribution in [-0.2, 0) is 13.0 Å². The number of ether oxygens (including phenoxy) is 1. The second-order valence-electron chi connectivity index (χ2n) is 4.68. The summed E-state index contributed by atoms with van der Waals surface area (Å²) in [5, 5.41) is 0. The van der Waals surface area contributed by atoms with E-state index >= 15 is 0 Å². The van der Waals surface area contributed by atoms with Gasteiger partial charge in [0, 0.05) is 25.2 Å². The van der Waals surface area contributed by atoms with Crippen molar-refractivity contribution in [1.82, 2.24) is 4.90 Å². The molecule has 2 N–H and O–H groups in total. The molecular weight excluding hydrogens is 231 g/mol. The van der Waals surface area contributed by atoms with E-state index in [9.17, 15) is 4.39 Å². The van der Waals surface area contributed by atoms with Gasteiger partial charge in [0.15, 0.2) is 0 Å². The van der Waals surface area contributed by atoms with E-state index in [0.29, 0.717) is 11.9 Å². The first kappa shape index (κ1) is 13.1. The van der Waals surface area contributed by atoms with Gasteiger partial charge in [-0.05, 0) is 36.7 Å². The monoisotopic (exact) mass is 250 g/mol. The third-order valence-corrected chi connectivity index (χ3v) is 3.22. The smallest absolute Gasteiger partial charge is 0.120 e. The fourth-order valence-electron chi connectivity index (χ4n) is 2.07. The molecule has 0 saturated carbocycles. The lowest BCUT2D eigenvalue weighted by Crippen LogP contribution is -2.26. The fraction of sp³-hybridized carbons (Fsp3) is 0.429. The van der Waals surface area contributed by atoms with Crippen molar-refractivity contribution < 1.29 is 9.13 Å². The van der Waals surface area contributed by atoms with E-state index in [1.54, 1.807) is 0 Å². The molecule has 0 fully saturated rings. The van der Waals surface area contributed by atoms with Crippen LogP contribution >= 0.6 is 0 Å². The summed E-state index contributed by atoms with van der Waals surface area (Å²) in [5.41, 5.74) is 8.51. The van der Waals surface area contributed by atoms with Crippen LogP contribution in [0.5, 0.6) is 5.75 Å². The van der Waals surface area contributed by atoms with E-state index in [-0.39, 0.29) is 13.2 Å². The van der Waals surface area contributed by atoms with Crippen LogP contribution < -0.4 is 10.5 Å². The Hall–Kier alpha value is -1.39. The van der Waals surface area contributed by atoms with Crippen molar-refractivity contribution in [2.24, 2.45) is 5.73 Å². The van der Waals surface area contributed by atoms with Crippen LogP contribution in [0.1, 0.15) is 11.1 Å². The molecule has 1 heterocycles. The highest BCUT2D eigenvalue weighted by atomic mass is 19.1. The van der Waals surface area contributed by atoms with Crippen molar-refractivity contribution in [3.63, 3.8) is 0 Å². The highest BCUT2D eigenvalue weighted by Gasteiger charge is 2.13. The standard InChI is InChI=1S/C14H19FN2O/c1-17-5-4-12-6-14(3-2-13(12)9-17)18-10-11(7-15)8-16/h2-3,6-7H,4-5,8-10,16H2,1H3. The lowest BCUT2D eigenvalue weighted by molar-refractivity contribution is 0.310. The zero-order chi connectivity index (χ0) is 13.0. The summed E-state index contributed by atoms with van der Waals surface area (Å²) in [6.07, 6.45) is 1.55. The highest BCUT2D eigenvalue weighted by Crippen LogP contribution is 2.23. The number of benzene rings is 1. The summed E-state index contributed by atoms with van der Waals surface area (Å²) in [5.74, 6) is 0.783. The largest absolute Gasteiger partial charge is 0.489 e. The summed E-state index contributed by atoms with van der Waals surface area (Å²) in [6, 6.07) is 6.07. The summed E-state index contributed by atoms with van der Waals surface area (Å²) in [7, 11) is 2.12. The zero-order valence-electron chi connectivity index (χ0n) is 10.7. The van der Waals surface area contributed by atoms with Gasteiger partial charge in [-0.2, -0.15) is 0 Å². The van der Waals surface area contributed by atoms with E-state index in [4.69, 9.17) is 10.5 Å². The van der Waals surface area contributed by atoms with Crippen molar-refractivity contribution >= 4 is 0 Å². The molecule has 3 nitrogen and oxygen atoms in total. The number of rotatable bonds is 4. The molecule has 0 aromatic heterocycles. The molecule has 98 valence electrons. The van der Waals surface area contributed by atoms with E-state index in [1.165, 1.54) is 11.1 Å². The van der Waals surface area contributed by atoms with Crippen LogP contribution in [-0.4, -0.2) is 31.6 Å². The Morgan fingerprint density at radius 1 is 1.50 bits per heavy atom. The van der Waals surface area contributed by atoms with Gasteiger partial charge in [0.05, 0.1) is 6.33 Å². The van der Waals surface area contributed by atoms with Gasteiger partial charge in [-0.3, -0.25) is 0 Å². The van der Waals surface area contributed by atoms with Crippen LogP contribution in [0.4, 0.5) is 4.39 Å². The van der Waals surface area contributed by atoms with Gasteiger partial charge in [0.1, 0.15) is 12.4 Å². The second kappa shape index (κ2) is 5.98. The van der Waals surface area contributed by atoms with Crippen molar-refractivity contribution in [1.29, 1.82) is 0 Å². The van der Waals surface area contributed by atoms with Crippen molar-refractivity contribution in [2.75, 3.05) is 26.7 Å². The van der Waals surface area contributed by atoms with Gasteiger partial charge >= 0.3 is 0 Å². The molecule has 0 radical (unpaired) electrons. The van der Waals surface area contributed by atoms with Crippen molar-refractivity contribution in [3.05, 3.63) is 41.2 Å². The molecule has 0 atom stereocenters. The number of hydrogen-bond donors (Lipinski definition) is 1. The molecule has 18 heavy (non-hydrogen) atoms. The van der Waals surface area contributed by atoms with E-state index in [2.05, 4.69) is 24.1 Å². The first-order chi connectivity index (χ1) is 8.72. The van der Waals surface area contributed by atoms with Gasteiger partial charge in [0.2, 0.25) is 0 Å². The molecule has 0 unspecified atom stereocenters. The molecule has 4 heteroatoms. The van der Waals surface area contributed by atoms with Gasteiger partial charge in [-0.25, -0.2) is 4.39 Å². The van der Waals surface area contributed by atoms with Crippen LogP contribution in [0.15, 0.2) is 30.1 Å². The van der Waals surface area contributed by atoms with Gasteiger partial charge in [-0.15, -0.1) is 0 Å². The third-order valence-electron chi connectivity index (χ3n) is 3.22. The predicted molar refractivity (Wildman–Crippen MR) is 70.2 cm³/mol. The zero-order valence-corrected chi connectivity index (χ0v) is 10.7. The molecule has 0 spiro atoms. The number of fused-ring (bicyclic) bond motifs is 1. The average molecular weight is 250 g/mol. The fourth-order valence-corrected chi connectivity index (χ4v) is 2.07. The first-order valence-corrected chi connectivity index (χ1v) is 6.14. The van der Waals surface area contributed by atoms with Gasteiger partial charge < -0.3 is 15.4 Å². The summed E-state index contributed by atoms with van der Waals surface area (Å²) >= 11 is 0. The highest BCUT2D eigenvalue weighted by molar-refractivity contribution is 5.37. The maximum Gasteiger partial charge on any atom is 0.120 e. The second-order valence-corrected chi connectivity index (χ2v) is 4.68. The maximum atomic E-state index is 12.3. The molecular formula is C14H19FN2O. The average Bonchev–Trinajstić information content (AvgIpc) is 2.40. The Labute approximate surface area is 107 Å². The van der Waals surface area contributed by atoms with E-state index in [0.717, 1.165) is 25.3 Å². The minimum atomic E-state index is 0.187. The SMILES string of the molecule is CN1CCc2cc(OCC(=CF)CN)ccc2C1.